The van der Waals surface area contributed by atoms with Crippen molar-refractivity contribution in [3.05, 3.63) is 29.8 Å². The number of nitrogens with one attached hydrogen (secondary N) is 2. The Hall–Kier alpha value is -2.24. The minimum Gasteiger partial charge on any atom is -0.322 e. The van der Waals surface area contributed by atoms with Crippen molar-refractivity contribution in [1.82, 2.24) is 28.6 Å². The maximum Gasteiger partial charge on any atom is 0.280 e. The van der Waals surface area contributed by atoms with Crippen LogP contribution in [0.4, 0.5) is 5.69 Å². The molecule has 1 fully saturated rings. The van der Waals surface area contributed by atoms with E-state index in [1.54, 1.807) is 21.8 Å². The molecule has 1 saturated heterocycles. The zero-order chi connectivity index (χ0) is 21.2. The molecule has 0 saturated carbocycles. The van der Waals surface area contributed by atoms with E-state index in [0.29, 0.717) is 18.7 Å². The molecule has 11 heteroatoms. The number of anilines is 1. The standard InChI is InChI=1S/C18H29N7O3S/c1-5-7-8-25-11-14(10-19-25)20-18(26)17-9-16(22-29(27,28)23(17)4)15-12-24(6-2)21-13(15)3/h10-12,16-17,22H,5-9H2,1-4H3,(H,20,26). The van der Waals surface area contributed by atoms with Crippen molar-refractivity contribution in [2.24, 2.45) is 0 Å². The van der Waals surface area contributed by atoms with Crippen molar-refractivity contribution in [3.63, 3.8) is 0 Å². The highest BCUT2D eigenvalue weighted by Crippen LogP contribution is 2.30. The van der Waals surface area contributed by atoms with Crippen LogP contribution in [0.15, 0.2) is 18.6 Å². The average Bonchev–Trinajstić information content (AvgIpc) is 3.28. The summed E-state index contributed by atoms with van der Waals surface area (Å²) in [4.78, 5) is 12.9. The second-order valence-corrected chi connectivity index (χ2v) is 9.07. The molecule has 1 aliphatic rings. The molecule has 3 rings (SSSR count). The first-order chi connectivity index (χ1) is 13.7. The lowest BCUT2D eigenvalue weighted by Crippen LogP contribution is -2.56. The molecule has 1 aliphatic heterocycles. The molecule has 0 bridgehead atoms. The summed E-state index contributed by atoms with van der Waals surface area (Å²) in [6.45, 7) is 7.37. The number of nitrogens with zero attached hydrogens (tertiary/aromatic N) is 5. The molecule has 2 aromatic rings. The van der Waals surface area contributed by atoms with Crippen molar-refractivity contribution in [3.8, 4) is 0 Å². The number of likely N-dealkylation sites (N-methyl/N-ethyl adjacent to an activating group) is 1. The molecule has 2 unspecified atom stereocenters. The molecule has 0 aliphatic carbocycles. The van der Waals surface area contributed by atoms with E-state index >= 15 is 0 Å². The number of aromatic nitrogens is 4. The van der Waals surface area contributed by atoms with Gasteiger partial charge in [-0.1, -0.05) is 13.3 Å². The number of unbranched alkanes of at least 4 members (excludes halogenated alkanes) is 1. The Morgan fingerprint density at radius 2 is 2.07 bits per heavy atom. The Bertz CT molecular complexity index is 966. The van der Waals surface area contributed by atoms with Crippen LogP contribution in [0.2, 0.25) is 0 Å². The SMILES string of the molecule is CCCCn1cc(NC(=O)C2CC(c3cn(CC)nc3C)NS(=O)(=O)N2C)cn1. The van der Waals surface area contributed by atoms with Crippen molar-refractivity contribution in [2.75, 3.05) is 12.4 Å². The van der Waals surface area contributed by atoms with Crippen molar-refractivity contribution < 1.29 is 13.2 Å². The van der Waals surface area contributed by atoms with E-state index < -0.39 is 22.3 Å². The first-order valence-electron chi connectivity index (χ1n) is 9.87. The maximum atomic E-state index is 12.9. The lowest BCUT2D eigenvalue weighted by molar-refractivity contribution is -0.120. The highest BCUT2D eigenvalue weighted by molar-refractivity contribution is 7.87. The van der Waals surface area contributed by atoms with E-state index in [1.807, 2.05) is 20.0 Å². The Labute approximate surface area is 171 Å². The molecule has 160 valence electrons. The summed E-state index contributed by atoms with van der Waals surface area (Å²) in [5, 5.41) is 11.4. The largest absolute Gasteiger partial charge is 0.322 e. The monoisotopic (exact) mass is 423 g/mol. The summed E-state index contributed by atoms with van der Waals surface area (Å²) >= 11 is 0. The third-order valence-electron chi connectivity index (χ3n) is 5.20. The van der Waals surface area contributed by atoms with Gasteiger partial charge in [-0.15, -0.1) is 0 Å². The van der Waals surface area contributed by atoms with Gasteiger partial charge in [0, 0.05) is 38.1 Å². The van der Waals surface area contributed by atoms with Gasteiger partial charge in [0.25, 0.3) is 10.2 Å². The van der Waals surface area contributed by atoms with Crippen molar-refractivity contribution >= 4 is 21.8 Å². The van der Waals surface area contributed by atoms with Gasteiger partial charge in [0.05, 0.1) is 23.6 Å². The number of aryl methyl sites for hydroxylation is 3. The number of hydrogen-bond acceptors (Lipinski definition) is 5. The van der Waals surface area contributed by atoms with Gasteiger partial charge >= 0.3 is 0 Å². The molecule has 2 N–H and O–H groups in total. The van der Waals surface area contributed by atoms with Gasteiger partial charge < -0.3 is 5.32 Å². The Morgan fingerprint density at radius 1 is 1.31 bits per heavy atom. The van der Waals surface area contributed by atoms with Crippen LogP contribution < -0.4 is 10.0 Å². The molecule has 0 radical (unpaired) electrons. The lowest BCUT2D eigenvalue weighted by atomic mass is 10.00. The Morgan fingerprint density at radius 3 is 2.72 bits per heavy atom. The van der Waals surface area contributed by atoms with Gasteiger partial charge in [-0.2, -0.15) is 27.6 Å². The highest BCUT2D eigenvalue weighted by Gasteiger charge is 2.41. The highest BCUT2D eigenvalue weighted by atomic mass is 32.2. The zero-order valence-corrected chi connectivity index (χ0v) is 18.1. The van der Waals surface area contributed by atoms with Gasteiger partial charge in [-0.3, -0.25) is 14.2 Å². The average molecular weight is 424 g/mol. The number of carbonyl (C=O) groups excluding carboxylic acids is 1. The minimum absolute atomic E-state index is 0.307. The Kier molecular flexibility index (Phi) is 6.39. The smallest absolute Gasteiger partial charge is 0.280 e. The fourth-order valence-electron chi connectivity index (χ4n) is 3.45. The van der Waals surface area contributed by atoms with E-state index in [9.17, 15) is 13.2 Å². The van der Waals surface area contributed by atoms with E-state index in [0.717, 1.165) is 34.9 Å². The van der Waals surface area contributed by atoms with Crippen LogP contribution in [-0.4, -0.2) is 51.3 Å². The number of hydrogen-bond donors (Lipinski definition) is 2. The Balaban J connectivity index is 1.78. The van der Waals surface area contributed by atoms with Gasteiger partial charge in [0.1, 0.15) is 6.04 Å². The molecule has 10 nitrogen and oxygen atoms in total. The molecule has 0 aromatic carbocycles. The lowest BCUT2D eigenvalue weighted by Gasteiger charge is -2.35. The quantitative estimate of drug-likeness (QED) is 0.699. The van der Waals surface area contributed by atoms with E-state index in [2.05, 4.69) is 27.2 Å². The molecule has 3 heterocycles. The first-order valence-corrected chi connectivity index (χ1v) is 11.3. The van der Waals surface area contributed by atoms with Crippen LogP contribution >= 0.6 is 0 Å². The fraction of sp³-hybridized carbons (Fsp3) is 0.611. The van der Waals surface area contributed by atoms with E-state index in [1.165, 1.54) is 7.05 Å². The third kappa shape index (κ3) is 4.68. The number of carbonyl (C=O) groups is 1. The predicted molar refractivity (Wildman–Crippen MR) is 109 cm³/mol. The van der Waals surface area contributed by atoms with Gasteiger partial charge in [0.2, 0.25) is 5.91 Å². The third-order valence-corrected chi connectivity index (χ3v) is 6.79. The van der Waals surface area contributed by atoms with Crippen LogP contribution in [-0.2, 0) is 28.1 Å². The van der Waals surface area contributed by atoms with Crippen LogP contribution in [0.25, 0.3) is 0 Å². The van der Waals surface area contributed by atoms with Crippen molar-refractivity contribution in [2.45, 2.75) is 65.2 Å². The topological polar surface area (TPSA) is 114 Å². The zero-order valence-electron chi connectivity index (χ0n) is 17.3. The summed E-state index contributed by atoms with van der Waals surface area (Å²) in [6.07, 6.45) is 7.53. The van der Waals surface area contributed by atoms with Gasteiger partial charge in [-0.25, -0.2) is 0 Å². The molecule has 1 amide bonds. The summed E-state index contributed by atoms with van der Waals surface area (Å²) in [7, 11) is -2.39. The minimum atomic E-state index is -3.80. The molecular weight excluding hydrogens is 394 g/mol. The predicted octanol–water partition coefficient (Wildman–Crippen LogP) is 1.43. The van der Waals surface area contributed by atoms with E-state index in [-0.39, 0.29) is 5.91 Å². The summed E-state index contributed by atoms with van der Waals surface area (Å²) in [5.74, 6) is -0.377. The molecular formula is C18H29N7O3S. The van der Waals surface area contributed by atoms with Gasteiger partial charge in [0.15, 0.2) is 0 Å². The van der Waals surface area contributed by atoms with Crippen molar-refractivity contribution in [1.29, 1.82) is 0 Å². The number of rotatable bonds is 7. The second-order valence-electron chi connectivity index (χ2n) is 7.30. The van der Waals surface area contributed by atoms with Crippen LogP contribution in [0, 0.1) is 6.92 Å². The summed E-state index contributed by atoms with van der Waals surface area (Å²) in [6, 6.07) is -1.35. The first kappa shape index (κ1) is 21.5. The van der Waals surface area contributed by atoms with E-state index in [4.69, 9.17) is 0 Å². The molecule has 2 atom stereocenters. The maximum absolute atomic E-state index is 12.9. The molecule has 29 heavy (non-hydrogen) atoms. The fourth-order valence-corrected chi connectivity index (χ4v) is 4.71. The summed E-state index contributed by atoms with van der Waals surface area (Å²) in [5.41, 5.74) is 2.09. The van der Waals surface area contributed by atoms with Crippen LogP contribution in [0.1, 0.15) is 50.4 Å². The van der Waals surface area contributed by atoms with Gasteiger partial charge in [-0.05, 0) is 26.7 Å². The normalized spacial score (nSPS) is 21.9. The van der Waals surface area contributed by atoms with Crippen LogP contribution in [0.3, 0.4) is 0 Å². The number of amides is 1. The molecule has 0 spiro atoms. The summed E-state index contributed by atoms with van der Waals surface area (Å²) < 4.78 is 32.5. The van der Waals surface area contributed by atoms with Crippen LogP contribution in [0.5, 0.6) is 0 Å². The molecule has 2 aromatic heterocycles. The second kappa shape index (κ2) is 8.64.